The summed E-state index contributed by atoms with van der Waals surface area (Å²) in [6.45, 7) is 2.01. The van der Waals surface area contributed by atoms with E-state index in [1.807, 2.05) is 19.1 Å². The van der Waals surface area contributed by atoms with Gasteiger partial charge >= 0.3 is 0 Å². The summed E-state index contributed by atoms with van der Waals surface area (Å²) in [6.07, 6.45) is 6.18. The Kier molecular flexibility index (Phi) is 6.80. The average Bonchev–Trinajstić information content (AvgIpc) is 3.39. The van der Waals surface area contributed by atoms with Crippen LogP contribution in [0.2, 0.25) is 0 Å². The van der Waals surface area contributed by atoms with E-state index in [1.165, 1.54) is 24.0 Å². The summed E-state index contributed by atoms with van der Waals surface area (Å²) in [5, 5.41) is 7.05. The van der Waals surface area contributed by atoms with Gasteiger partial charge in [-0.3, -0.25) is 9.59 Å². The summed E-state index contributed by atoms with van der Waals surface area (Å²) in [5.74, 6) is 0.290. The summed E-state index contributed by atoms with van der Waals surface area (Å²) >= 11 is 0. The van der Waals surface area contributed by atoms with Crippen LogP contribution in [0.1, 0.15) is 52.4 Å². The normalized spacial score (nSPS) is 14.7. The number of rotatable bonds is 6. The molecule has 7 nitrogen and oxygen atoms in total. The Balaban J connectivity index is 1.38. The molecule has 0 aromatic heterocycles. The van der Waals surface area contributed by atoms with Gasteiger partial charge in [0.05, 0.1) is 5.71 Å². The van der Waals surface area contributed by atoms with E-state index in [2.05, 4.69) is 28.0 Å². The predicted octanol–water partition coefficient (Wildman–Crippen LogP) is 4.61. The molecule has 1 aliphatic carbocycles. The largest absolute Gasteiger partial charge is 0.454 e. The molecule has 0 radical (unpaired) electrons. The third-order valence-electron chi connectivity index (χ3n) is 6.33. The van der Waals surface area contributed by atoms with Gasteiger partial charge in [0.15, 0.2) is 11.5 Å². The average molecular weight is 482 g/mol. The first-order valence-electron chi connectivity index (χ1n) is 12.0. The number of hydrazone groups is 1. The molecule has 0 bridgehead atoms. The Morgan fingerprint density at radius 3 is 2.47 bits per heavy atom. The third-order valence-corrected chi connectivity index (χ3v) is 6.33. The molecule has 36 heavy (non-hydrogen) atoms. The van der Waals surface area contributed by atoms with Gasteiger partial charge < -0.3 is 14.8 Å². The van der Waals surface area contributed by atoms with Gasteiger partial charge in [0.25, 0.3) is 11.8 Å². The third kappa shape index (κ3) is 5.30. The molecule has 3 aromatic carbocycles. The smallest absolute Gasteiger partial charge is 0.287 e. The van der Waals surface area contributed by atoms with Crippen LogP contribution in [0.25, 0.3) is 6.08 Å². The topological polar surface area (TPSA) is 89.0 Å². The molecule has 3 aromatic rings. The van der Waals surface area contributed by atoms with Crippen LogP contribution in [0.4, 0.5) is 0 Å². The molecule has 1 aliphatic heterocycles. The second-order valence-electron chi connectivity index (χ2n) is 8.82. The first-order chi connectivity index (χ1) is 17.6. The van der Waals surface area contributed by atoms with Crippen LogP contribution in [-0.2, 0) is 17.6 Å². The van der Waals surface area contributed by atoms with Crippen molar-refractivity contribution in [3.05, 3.63) is 100 Å². The predicted molar refractivity (Wildman–Crippen MR) is 138 cm³/mol. The molecule has 0 fully saturated rings. The molecule has 182 valence electrons. The van der Waals surface area contributed by atoms with E-state index in [1.54, 1.807) is 48.5 Å². The Bertz CT molecular complexity index is 1360. The Hall–Kier alpha value is -4.39. The van der Waals surface area contributed by atoms with Crippen molar-refractivity contribution in [1.82, 2.24) is 10.7 Å². The summed E-state index contributed by atoms with van der Waals surface area (Å²) in [7, 11) is 0. The highest BCUT2D eigenvalue weighted by molar-refractivity contribution is 6.06. The first kappa shape index (κ1) is 23.4. The molecule has 1 heterocycles. The molecule has 0 saturated carbocycles. The molecule has 2 amide bonds. The van der Waals surface area contributed by atoms with Gasteiger partial charge in [0.2, 0.25) is 6.79 Å². The van der Waals surface area contributed by atoms with Crippen LogP contribution in [0, 0.1) is 0 Å². The fraction of sp³-hybridized carbons (Fsp3) is 0.207. The summed E-state index contributed by atoms with van der Waals surface area (Å²) in [6, 6.07) is 20.4. The molecule has 2 aliphatic rings. The van der Waals surface area contributed by atoms with Gasteiger partial charge in [-0.25, -0.2) is 5.43 Å². The van der Waals surface area contributed by atoms with E-state index >= 15 is 0 Å². The van der Waals surface area contributed by atoms with E-state index in [0.29, 0.717) is 28.3 Å². The molecular weight excluding hydrogens is 454 g/mol. The van der Waals surface area contributed by atoms with E-state index in [-0.39, 0.29) is 12.5 Å². The second-order valence-corrected chi connectivity index (χ2v) is 8.82. The highest BCUT2D eigenvalue weighted by Crippen LogP contribution is 2.33. The van der Waals surface area contributed by atoms with Crippen molar-refractivity contribution in [2.24, 2.45) is 5.10 Å². The van der Waals surface area contributed by atoms with Gasteiger partial charge in [0, 0.05) is 5.56 Å². The number of fused-ring (bicyclic) bond motifs is 2. The number of hydrogen-bond donors (Lipinski definition) is 2. The monoisotopic (exact) mass is 481 g/mol. The minimum atomic E-state index is -0.533. The molecule has 5 rings (SSSR count). The highest BCUT2D eigenvalue weighted by Gasteiger charge is 2.17. The number of ether oxygens (including phenoxy) is 2. The summed E-state index contributed by atoms with van der Waals surface area (Å²) in [4.78, 5) is 26.0. The van der Waals surface area contributed by atoms with Crippen LogP contribution >= 0.6 is 0 Å². The second kappa shape index (κ2) is 10.5. The highest BCUT2D eigenvalue weighted by atomic mass is 16.7. The molecule has 0 saturated heterocycles. The zero-order valence-electron chi connectivity index (χ0n) is 20.0. The maximum Gasteiger partial charge on any atom is 0.287 e. The summed E-state index contributed by atoms with van der Waals surface area (Å²) in [5.41, 5.74) is 8.16. The van der Waals surface area contributed by atoms with E-state index in [9.17, 15) is 9.59 Å². The van der Waals surface area contributed by atoms with Gasteiger partial charge in [0.1, 0.15) is 5.70 Å². The van der Waals surface area contributed by atoms with Gasteiger partial charge in [-0.1, -0.05) is 36.4 Å². The molecule has 0 unspecified atom stereocenters. The molecule has 2 N–H and O–H groups in total. The minimum Gasteiger partial charge on any atom is -0.454 e. The van der Waals surface area contributed by atoms with Crippen molar-refractivity contribution in [1.29, 1.82) is 0 Å². The standard InChI is InChI=1S/C29H27N3O4/c1-19(23-13-12-21-7-5-6-10-24(21)17-23)31-32-29(34)25(30-28(33)22-8-3-2-4-9-22)15-20-11-14-26-27(16-20)36-18-35-26/h2-4,8-9,11-17H,5-7,10,18H2,1H3,(H,30,33)(H,32,34)/b25-15+,31-19-. The van der Waals surface area contributed by atoms with E-state index < -0.39 is 11.8 Å². The van der Waals surface area contributed by atoms with Crippen LogP contribution in [0.5, 0.6) is 11.5 Å². The lowest BCUT2D eigenvalue weighted by Crippen LogP contribution is -2.33. The maximum atomic E-state index is 13.2. The lowest BCUT2D eigenvalue weighted by atomic mass is 9.90. The molecular formula is C29H27N3O4. The number of benzene rings is 3. The Labute approximate surface area is 209 Å². The summed E-state index contributed by atoms with van der Waals surface area (Å²) < 4.78 is 10.8. The van der Waals surface area contributed by atoms with Crippen molar-refractivity contribution in [2.75, 3.05) is 6.79 Å². The van der Waals surface area contributed by atoms with Crippen LogP contribution < -0.4 is 20.2 Å². The maximum absolute atomic E-state index is 13.2. The Morgan fingerprint density at radius 1 is 0.861 bits per heavy atom. The van der Waals surface area contributed by atoms with Crippen molar-refractivity contribution in [2.45, 2.75) is 32.6 Å². The SMILES string of the molecule is C/C(=N/NC(=O)/C(=C\c1ccc2c(c1)OCO2)NC(=O)c1ccccc1)c1ccc2c(c1)CCCC2. The molecule has 7 heteroatoms. The lowest BCUT2D eigenvalue weighted by molar-refractivity contribution is -0.117. The minimum absolute atomic E-state index is 0.0599. The van der Waals surface area contributed by atoms with Crippen molar-refractivity contribution in [3.63, 3.8) is 0 Å². The van der Waals surface area contributed by atoms with Crippen LogP contribution in [0.15, 0.2) is 77.5 Å². The molecule has 0 atom stereocenters. The number of nitrogens with zero attached hydrogens (tertiary/aromatic N) is 1. The number of hydrogen-bond acceptors (Lipinski definition) is 5. The fourth-order valence-electron chi connectivity index (χ4n) is 4.33. The number of nitrogens with one attached hydrogen (secondary N) is 2. The quantitative estimate of drug-likeness (QED) is 0.306. The van der Waals surface area contributed by atoms with E-state index in [0.717, 1.165) is 18.4 Å². The Morgan fingerprint density at radius 2 is 1.64 bits per heavy atom. The van der Waals surface area contributed by atoms with Crippen molar-refractivity contribution in [3.8, 4) is 11.5 Å². The fourth-order valence-corrected chi connectivity index (χ4v) is 4.33. The van der Waals surface area contributed by atoms with Gasteiger partial charge in [-0.15, -0.1) is 0 Å². The number of carbonyl (C=O) groups excluding carboxylic acids is 2. The zero-order valence-corrected chi connectivity index (χ0v) is 20.0. The lowest BCUT2D eigenvalue weighted by Gasteiger charge is -2.16. The van der Waals surface area contributed by atoms with E-state index in [4.69, 9.17) is 9.47 Å². The van der Waals surface area contributed by atoms with Gasteiger partial charge in [-0.05, 0) is 91.3 Å². The molecule has 0 spiro atoms. The van der Waals surface area contributed by atoms with Crippen LogP contribution in [0.3, 0.4) is 0 Å². The number of aryl methyl sites for hydroxylation is 2. The first-order valence-corrected chi connectivity index (χ1v) is 12.0. The van der Waals surface area contributed by atoms with Crippen LogP contribution in [-0.4, -0.2) is 24.3 Å². The van der Waals surface area contributed by atoms with Gasteiger partial charge in [-0.2, -0.15) is 5.10 Å². The number of carbonyl (C=O) groups is 2. The zero-order chi connectivity index (χ0) is 24.9. The van der Waals surface area contributed by atoms with Crippen molar-refractivity contribution >= 4 is 23.6 Å². The van der Waals surface area contributed by atoms with Crippen molar-refractivity contribution < 1.29 is 19.1 Å². The number of amides is 2.